The van der Waals surface area contributed by atoms with Gasteiger partial charge in [-0.3, -0.25) is 4.79 Å². The van der Waals surface area contributed by atoms with Gasteiger partial charge in [0.1, 0.15) is 16.4 Å². The zero-order chi connectivity index (χ0) is 18.4. The van der Waals surface area contributed by atoms with E-state index in [1.165, 1.54) is 17.4 Å². The van der Waals surface area contributed by atoms with Crippen molar-refractivity contribution in [1.82, 2.24) is 0 Å². The van der Waals surface area contributed by atoms with Crippen molar-refractivity contribution in [3.05, 3.63) is 88.1 Å². The van der Waals surface area contributed by atoms with Gasteiger partial charge in [-0.25, -0.2) is 4.79 Å². The summed E-state index contributed by atoms with van der Waals surface area (Å²) in [6.45, 7) is 0. The molecule has 1 aromatic heterocycles. The second-order valence-electron chi connectivity index (χ2n) is 5.33. The minimum absolute atomic E-state index is 0.146. The fourth-order valence-corrected chi connectivity index (χ4v) is 2.87. The Hall–Kier alpha value is -3.18. The fourth-order valence-electron chi connectivity index (χ4n) is 2.27. The average Bonchev–Trinajstić information content (AvgIpc) is 3.22. The molecule has 2 aromatic carbocycles. The van der Waals surface area contributed by atoms with Gasteiger partial charge in [-0.1, -0.05) is 24.3 Å². The number of rotatable bonds is 6. The third-order valence-corrected chi connectivity index (χ3v) is 4.48. The molecule has 0 amide bonds. The van der Waals surface area contributed by atoms with E-state index in [9.17, 15) is 9.59 Å². The maximum absolute atomic E-state index is 12.3. The second-order valence-corrected chi connectivity index (χ2v) is 6.28. The summed E-state index contributed by atoms with van der Waals surface area (Å²) in [4.78, 5) is 25.0. The molecule has 0 bridgehead atoms. The van der Waals surface area contributed by atoms with Crippen molar-refractivity contribution in [3.8, 4) is 11.5 Å². The highest BCUT2D eigenvalue weighted by molar-refractivity contribution is 7.12. The van der Waals surface area contributed by atoms with Crippen LogP contribution in [0.2, 0.25) is 0 Å². The van der Waals surface area contributed by atoms with Crippen LogP contribution in [0.1, 0.15) is 25.6 Å². The number of para-hydroxylation sites is 1. The summed E-state index contributed by atoms with van der Waals surface area (Å²) in [7, 11) is 1.57. The van der Waals surface area contributed by atoms with Gasteiger partial charge >= 0.3 is 5.97 Å². The van der Waals surface area contributed by atoms with Crippen LogP contribution >= 0.6 is 11.3 Å². The zero-order valence-corrected chi connectivity index (χ0v) is 14.9. The molecule has 0 unspecified atom stereocenters. The van der Waals surface area contributed by atoms with Crippen LogP contribution in [0, 0.1) is 0 Å². The van der Waals surface area contributed by atoms with Crippen molar-refractivity contribution in [3.63, 3.8) is 0 Å². The minimum Gasteiger partial charge on any atom is -0.497 e. The molecule has 0 atom stereocenters. The smallest absolute Gasteiger partial charge is 0.353 e. The van der Waals surface area contributed by atoms with E-state index in [1.807, 2.05) is 11.4 Å². The van der Waals surface area contributed by atoms with E-state index >= 15 is 0 Å². The lowest BCUT2D eigenvalue weighted by Crippen LogP contribution is -2.07. The Bertz CT molecular complexity index is 925. The number of ketones is 1. The first kappa shape index (κ1) is 17.6. The van der Waals surface area contributed by atoms with Gasteiger partial charge in [0.15, 0.2) is 5.78 Å². The van der Waals surface area contributed by atoms with Crippen molar-refractivity contribution in [1.29, 1.82) is 0 Å². The lowest BCUT2D eigenvalue weighted by molar-refractivity contribution is 0.0739. The molecule has 0 saturated heterocycles. The third-order valence-electron chi connectivity index (χ3n) is 3.63. The highest BCUT2D eigenvalue weighted by Crippen LogP contribution is 2.22. The highest BCUT2D eigenvalue weighted by atomic mass is 32.1. The summed E-state index contributed by atoms with van der Waals surface area (Å²) in [6.07, 6.45) is 3.10. The van der Waals surface area contributed by atoms with Crippen LogP contribution in [0.25, 0.3) is 6.08 Å². The maximum atomic E-state index is 12.3. The molecule has 4 nitrogen and oxygen atoms in total. The normalized spacial score (nSPS) is 10.7. The Balaban J connectivity index is 1.75. The number of hydrogen-bond acceptors (Lipinski definition) is 5. The van der Waals surface area contributed by atoms with Gasteiger partial charge in [0.05, 0.1) is 7.11 Å². The lowest BCUT2D eigenvalue weighted by atomic mass is 10.1. The van der Waals surface area contributed by atoms with Gasteiger partial charge in [0.25, 0.3) is 0 Å². The number of allylic oxidation sites excluding steroid dienone is 1. The second kappa shape index (κ2) is 8.27. The van der Waals surface area contributed by atoms with Gasteiger partial charge in [-0.15, -0.1) is 11.3 Å². The molecule has 0 saturated carbocycles. The van der Waals surface area contributed by atoms with Crippen LogP contribution in [0.3, 0.4) is 0 Å². The first-order chi connectivity index (χ1) is 12.7. The van der Waals surface area contributed by atoms with Crippen LogP contribution in [0.5, 0.6) is 11.5 Å². The molecule has 0 spiro atoms. The number of esters is 1. The maximum Gasteiger partial charge on any atom is 0.353 e. The standard InChI is InChI=1S/C21H16O4S/c1-24-17-11-8-15(9-12-17)18(22)13-10-16-5-2-3-6-19(16)25-21(23)20-7-4-14-26-20/h2-14H,1H3. The summed E-state index contributed by atoms with van der Waals surface area (Å²) in [5.74, 6) is 0.537. The Labute approximate surface area is 155 Å². The van der Waals surface area contributed by atoms with Crippen LogP contribution in [0.4, 0.5) is 0 Å². The lowest BCUT2D eigenvalue weighted by Gasteiger charge is -2.06. The van der Waals surface area contributed by atoms with E-state index in [1.54, 1.807) is 67.8 Å². The molecule has 0 fully saturated rings. The van der Waals surface area contributed by atoms with Gasteiger partial charge in [-0.2, -0.15) is 0 Å². The Morgan fingerprint density at radius 1 is 0.962 bits per heavy atom. The molecule has 0 N–H and O–H groups in total. The molecule has 1 heterocycles. The predicted octanol–water partition coefficient (Wildman–Crippen LogP) is 4.87. The monoisotopic (exact) mass is 364 g/mol. The van der Waals surface area contributed by atoms with Crippen molar-refractivity contribution >= 4 is 29.2 Å². The topological polar surface area (TPSA) is 52.6 Å². The molecule has 0 aliphatic carbocycles. The predicted molar refractivity (Wildman–Crippen MR) is 102 cm³/mol. The number of thiophene rings is 1. The summed E-state index contributed by atoms with van der Waals surface area (Å²) >= 11 is 1.32. The molecule has 0 aliphatic rings. The molecule has 3 rings (SSSR count). The van der Waals surface area contributed by atoms with Gasteiger partial charge in [-0.05, 0) is 53.9 Å². The Kier molecular flexibility index (Phi) is 5.61. The summed E-state index contributed by atoms with van der Waals surface area (Å²) < 4.78 is 10.5. The number of carbonyl (C=O) groups excluding carboxylic acids is 2. The molecule has 3 aromatic rings. The van der Waals surface area contributed by atoms with E-state index in [-0.39, 0.29) is 5.78 Å². The van der Waals surface area contributed by atoms with E-state index < -0.39 is 5.97 Å². The van der Waals surface area contributed by atoms with Crippen LogP contribution in [-0.2, 0) is 0 Å². The fraction of sp³-hybridized carbons (Fsp3) is 0.0476. The first-order valence-electron chi connectivity index (χ1n) is 7.88. The van der Waals surface area contributed by atoms with E-state index in [0.29, 0.717) is 27.5 Å². The molecule has 0 aliphatic heterocycles. The zero-order valence-electron chi connectivity index (χ0n) is 14.0. The molecule has 130 valence electrons. The molecule has 26 heavy (non-hydrogen) atoms. The summed E-state index contributed by atoms with van der Waals surface area (Å²) in [6, 6.07) is 17.5. The third kappa shape index (κ3) is 4.26. The average molecular weight is 364 g/mol. The van der Waals surface area contributed by atoms with Crippen molar-refractivity contribution in [2.75, 3.05) is 7.11 Å². The number of ether oxygens (including phenoxy) is 2. The van der Waals surface area contributed by atoms with Crippen LogP contribution in [0.15, 0.2) is 72.1 Å². The molecular weight excluding hydrogens is 348 g/mol. The van der Waals surface area contributed by atoms with Gasteiger partial charge in [0, 0.05) is 11.1 Å². The summed E-state index contributed by atoms with van der Waals surface area (Å²) in [5.41, 5.74) is 1.20. The Morgan fingerprint density at radius 2 is 1.73 bits per heavy atom. The van der Waals surface area contributed by atoms with E-state index in [2.05, 4.69) is 0 Å². The van der Waals surface area contributed by atoms with Crippen LogP contribution in [-0.4, -0.2) is 18.9 Å². The number of benzene rings is 2. The van der Waals surface area contributed by atoms with E-state index in [0.717, 1.165) is 0 Å². The number of methoxy groups -OCH3 is 1. The van der Waals surface area contributed by atoms with E-state index in [4.69, 9.17) is 9.47 Å². The van der Waals surface area contributed by atoms with Crippen molar-refractivity contribution in [2.45, 2.75) is 0 Å². The molecule has 0 radical (unpaired) electrons. The molecule has 5 heteroatoms. The Morgan fingerprint density at radius 3 is 2.42 bits per heavy atom. The number of carbonyl (C=O) groups is 2. The quantitative estimate of drug-likeness (QED) is 0.271. The SMILES string of the molecule is COc1ccc(C(=O)C=Cc2ccccc2OC(=O)c2cccs2)cc1. The van der Waals surface area contributed by atoms with Crippen molar-refractivity contribution in [2.24, 2.45) is 0 Å². The minimum atomic E-state index is -0.415. The highest BCUT2D eigenvalue weighted by Gasteiger charge is 2.11. The van der Waals surface area contributed by atoms with Gasteiger partial charge in [0.2, 0.25) is 0 Å². The van der Waals surface area contributed by atoms with Crippen LogP contribution < -0.4 is 9.47 Å². The first-order valence-corrected chi connectivity index (χ1v) is 8.76. The number of hydrogen-bond donors (Lipinski definition) is 0. The molecular formula is C21H16O4S. The van der Waals surface area contributed by atoms with Gasteiger partial charge < -0.3 is 9.47 Å². The summed E-state index contributed by atoms with van der Waals surface area (Å²) in [5, 5.41) is 1.82. The van der Waals surface area contributed by atoms with Crippen molar-refractivity contribution < 1.29 is 19.1 Å². The largest absolute Gasteiger partial charge is 0.497 e.